The van der Waals surface area contributed by atoms with Gasteiger partial charge >= 0.3 is 5.97 Å². The minimum atomic E-state index is -2.67. The van der Waals surface area contributed by atoms with Gasteiger partial charge in [-0.05, 0) is 31.5 Å². The van der Waals surface area contributed by atoms with Crippen LogP contribution in [0.1, 0.15) is 18.3 Å². The molecule has 0 spiro atoms. The molecule has 0 radical (unpaired) electrons. The third-order valence-corrected chi connectivity index (χ3v) is 4.98. The van der Waals surface area contributed by atoms with E-state index in [1.54, 1.807) is 0 Å². The number of imidazole rings is 1. The van der Waals surface area contributed by atoms with E-state index in [-0.39, 0.29) is 30.2 Å². The summed E-state index contributed by atoms with van der Waals surface area (Å²) in [5, 5.41) is 8.92. The molecule has 0 bridgehead atoms. The molecule has 24 heavy (non-hydrogen) atoms. The highest BCUT2D eigenvalue weighted by Crippen LogP contribution is 2.48. The van der Waals surface area contributed by atoms with Crippen molar-refractivity contribution in [1.29, 1.82) is 0 Å². The molecule has 3 rings (SSSR count). The van der Waals surface area contributed by atoms with Crippen LogP contribution in [0.3, 0.4) is 0 Å². The van der Waals surface area contributed by atoms with Crippen LogP contribution < -0.4 is 0 Å². The summed E-state index contributed by atoms with van der Waals surface area (Å²) in [4.78, 5) is 13.7. The Bertz CT molecular complexity index is 837. The van der Waals surface area contributed by atoms with E-state index in [1.165, 1.54) is 4.57 Å². The number of carbonyl (C=O) groups is 1. The third-order valence-electron chi connectivity index (χ3n) is 4.65. The molecular formula is C15H14F4N2O2S. The van der Waals surface area contributed by atoms with E-state index >= 15 is 0 Å². The normalized spacial score (nSPS) is 29.6. The molecule has 0 fully saturated rings. The Morgan fingerprint density at radius 3 is 2.79 bits per heavy atom. The lowest BCUT2D eigenvalue weighted by Gasteiger charge is -2.34. The van der Waals surface area contributed by atoms with Gasteiger partial charge in [0.2, 0.25) is 0 Å². The Kier molecular flexibility index (Phi) is 3.94. The summed E-state index contributed by atoms with van der Waals surface area (Å²) < 4.78 is 58.1. The van der Waals surface area contributed by atoms with E-state index in [0.29, 0.717) is 11.4 Å². The van der Waals surface area contributed by atoms with Gasteiger partial charge in [0.25, 0.3) is 0 Å². The van der Waals surface area contributed by atoms with E-state index in [4.69, 9.17) is 17.3 Å². The molecule has 3 atom stereocenters. The number of aliphatic carboxylic acids is 1. The number of hydrogen-bond donors (Lipinski definition) is 2. The van der Waals surface area contributed by atoms with E-state index in [1.807, 2.05) is 0 Å². The molecule has 1 aliphatic heterocycles. The molecule has 130 valence electrons. The lowest BCUT2D eigenvalue weighted by atomic mass is 9.75. The van der Waals surface area contributed by atoms with Gasteiger partial charge in [-0.1, -0.05) is 0 Å². The second-order valence-corrected chi connectivity index (χ2v) is 6.63. The largest absolute Gasteiger partial charge is 0.481 e. The number of alkyl halides is 1. The SMILES string of the molecule is CC1(F)C(F)=CC(F)=C(F)C1[C@H]1Cc2c(CC(=O)O)[nH]c(=S)n2C1. The second kappa shape index (κ2) is 5.58. The summed E-state index contributed by atoms with van der Waals surface area (Å²) in [7, 11) is 0. The second-order valence-electron chi connectivity index (χ2n) is 6.24. The molecule has 1 aromatic rings. The Morgan fingerprint density at radius 1 is 1.50 bits per heavy atom. The molecule has 2 unspecified atom stereocenters. The van der Waals surface area contributed by atoms with Crippen LogP contribution in [-0.2, 0) is 24.2 Å². The van der Waals surface area contributed by atoms with Crippen LogP contribution >= 0.6 is 12.2 Å². The highest BCUT2D eigenvalue weighted by Gasteiger charge is 2.51. The van der Waals surface area contributed by atoms with Crippen molar-refractivity contribution in [3.63, 3.8) is 0 Å². The number of hydrogen-bond acceptors (Lipinski definition) is 2. The van der Waals surface area contributed by atoms with Crippen LogP contribution in [0, 0.1) is 16.6 Å². The maximum atomic E-state index is 14.7. The minimum Gasteiger partial charge on any atom is -0.481 e. The van der Waals surface area contributed by atoms with Crippen LogP contribution in [0.25, 0.3) is 0 Å². The zero-order valence-corrected chi connectivity index (χ0v) is 13.4. The molecule has 0 amide bonds. The van der Waals surface area contributed by atoms with Crippen molar-refractivity contribution in [2.75, 3.05) is 0 Å². The number of fused-ring (bicyclic) bond motifs is 1. The molecule has 2 N–H and O–H groups in total. The average Bonchev–Trinajstić information content (AvgIpc) is 2.99. The van der Waals surface area contributed by atoms with Crippen molar-refractivity contribution < 1.29 is 27.5 Å². The molecular weight excluding hydrogens is 348 g/mol. The quantitative estimate of drug-likeness (QED) is 0.637. The van der Waals surface area contributed by atoms with Gasteiger partial charge < -0.3 is 14.7 Å². The summed E-state index contributed by atoms with van der Waals surface area (Å²) in [6, 6.07) is 0. The summed E-state index contributed by atoms with van der Waals surface area (Å²) in [6.45, 7) is 0.935. The first-order valence-corrected chi connectivity index (χ1v) is 7.67. The fraction of sp³-hybridized carbons (Fsp3) is 0.467. The summed E-state index contributed by atoms with van der Waals surface area (Å²) >= 11 is 5.10. The van der Waals surface area contributed by atoms with Crippen molar-refractivity contribution in [2.45, 2.75) is 32.0 Å². The van der Waals surface area contributed by atoms with Gasteiger partial charge in [-0.25, -0.2) is 17.6 Å². The number of nitrogens with one attached hydrogen (secondary N) is 1. The lowest BCUT2D eigenvalue weighted by molar-refractivity contribution is -0.136. The third kappa shape index (κ3) is 2.51. The number of allylic oxidation sites excluding steroid dienone is 4. The Hall–Kier alpha value is -1.90. The Labute approximate surface area is 139 Å². The standard InChI is InChI=1S/C15H14F4N2O2S/c1-15(19)10(17)3-7(16)13(18)12(15)6-2-9-8(4-11(22)23)20-14(24)21(9)5-6/h3,6,12H,2,4-5H2,1H3,(H,20,24)(H,22,23)/t6-,12?,15?/m0/s1. The summed E-state index contributed by atoms with van der Waals surface area (Å²) in [5.74, 6) is -7.60. The number of H-pyrrole nitrogens is 1. The zero-order chi connectivity index (χ0) is 17.8. The molecule has 2 heterocycles. The number of carboxylic acid groups (broad SMARTS) is 1. The Morgan fingerprint density at radius 2 is 2.17 bits per heavy atom. The number of nitrogens with zero attached hydrogens (tertiary/aromatic N) is 1. The maximum Gasteiger partial charge on any atom is 0.309 e. The first-order chi connectivity index (χ1) is 11.1. The zero-order valence-electron chi connectivity index (χ0n) is 12.6. The highest BCUT2D eigenvalue weighted by molar-refractivity contribution is 7.71. The fourth-order valence-corrected chi connectivity index (χ4v) is 3.86. The molecule has 4 nitrogen and oxygen atoms in total. The molecule has 0 aromatic carbocycles. The maximum absolute atomic E-state index is 14.7. The van der Waals surface area contributed by atoms with E-state index in [9.17, 15) is 22.4 Å². The number of halogens is 4. The highest BCUT2D eigenvalue weighted by atomic mass is 32.1. The van der Waals surface area contributed by atoms with Crippen LogP contribution in [0.2, 0.25) is 0 Å². The van der Waals surface area contributed by atoms with Crippen molar-refractivity contribution >= 4 is 18.2 Å². The predicted octanol–water partition coefficient (Wildman–Crippen LogP) is 3.71. The first kappa shape index (κ1) is 16.9. The first-order valence-electron chi connectivity index (χ1n) is 7.27. The monoisotopic (exact) mass is 362 g/mol. The molecule has 9 heteroatoms. The van der Waals surface area contributed by atoms with Gasteiger partial charge in [0.1, 0.15) is 11.7 Å². The smallest absolute Gasteiger partial charge is 0.309 e. The van der Waals surface area contributed by atoms with Gasteiger partial charge in [0.15, 0.2) is 16.3 Å². The number of aromatic amines is 1. The van der Waals surface area contributed by atoms with E-state index in [0.717, 1.165) is 6.92 Å². The Balaban J connectivity index is 1.97. The van der Waals surface area contributed by atoms with Gasteiger partial charge in [-0.3, -0.25) is 4.79 Å². The van der Waals surface area contributed by atoms with Crippen molar-refractivity contribution in [3.8, 4) is 0 Å². The average molecular weight is 362 g/mol. The number of carboxylic acids is 1. The van der Waals surface area contributed by atoms with Gasteiger partial charge in [-0.2, -0.15) is 0 Å². The number of rotatable bonds is 3. The van der Waals surface area contributed by atoms with E-state index < -0.39 is 41.0 Å². The topological polar surface area (TPSA) is 58.0 Å². The molecule has 0 saturated heterocycles. The molecule has 2 aliphatic rings. The van der Waals surface area contributed by atoms with Crippen LogP contribution in [-0.4, -0.2) is 26.3 Å². The van der Waals surface area contributed by atoms with Crippen molar-refractivity contribution in [3.05, 3.63) is 39.7 Å². The van der Waals surface area contributed by atoms with Crippen LogP contribution in [0.4, 0.5) is 17.6 Å². The van der Waals surface area contributed by atoms with Gasteiger partial charge in [0.05, 0.1) is 12.3 Å². The number of aromatic nitrogens is 2. The minimum absolute atomic E-state index is 0.0580. The summed E-state index contributed by atoms with van der Waals surface area (Å²) in [5.41, 5.74) is -1.83. The van der Waals surface area contributed by atoms with Crippen molar-refractivity contribution in [1.82, 2.24) is 9.55 Å². The van der Waals surface area contributed by atoms with Gasteiger partial charge in [-0.15, -0.1) is 0 Å². The van der Waals surface area contributed by atoms with Crippen LogP contribution in [0.15, 0.2) is 23.6 Å². The van der Waals surface area contributed by atoms with E-state index in [2.05, 4.69) is 4.98 Å². The molecule has 1 aromatic heterocycles. The van der Waals surface area contributed by atoms with Crippen molar-refractivity contribution in [2.24, 2.45) is 11.8 Å². The van der Waals surface area contributed by atoms with Gasteiger partial charge in [0, 0.05) is 24.0 Å². The summed E-state index contributed by atoms with van der Waals surface area (Å²) in [6.07, 6.45) is -0.0195. The molecule has 0 saturated carbocycles. The lowest BCUT2D eigenvalue weighted by Crippen LogP contribution is -2.39. The predicted molar refractivity (Wildman–Crippen MR) is 79.6 cm³/mol. The molecule has 1 aliphatic carbocycles. The fourth-order valence-electron chi connectivity index (χ4n) is 3.55. The van der Waals surface area contributed by atoms with Crippen LogP contribution in [0.5, 0.6) is 0 Å².